The molecule has 2 aromatic rings. The van der Waals surface area contributed by atoms with E-state index < -0.39 is 0 Å². The van der Waals surface area contributed by atoms with Crippen molar-refractivity contribution in [3.05, 3.63) is 41.3 Å². The van der Waals surface area contributed by atoms with Crippen LogP contribution < -0.4 is 10.6 Å². The van der Waals surface area contributed by atoms with Crippen molar-refractivity contribution in [2.45, 2.75) is 34.2 Å². The van der Waals surface area contributed by atoms with Crippen LogP contribution in [0.2, 0.25) is 0 Å². The molecule has 0 aliphatic heterocycles. The Hall–Kier alpha value is -2.37. The zero-order chi connectivity index (χ0) is 16.8. The average molecular weight is 314 g/mol. The second kappa shape index (κ2) is 7.76. The molecule has 0 aliphatic rings. The zero-order valence-electron chi connectivity index (χ0n) is 14.6. The molecule has 23 heavy (non-hydrogen) atoms. The molecule has 0 saturated carbocycles. The van der Waals surface area contributed by atoms with Crippen LogP contribution >= 0.6 is 0 Å². The van der Waals surface area contributed by atoms with Gasteiger partial charge in [-0.15, -0.1) is 0 Å². The van der Waals surface area contributed by atoms with E-state index in [1.165, 1.54) is 0 Å². The Morgan fingerprint density at radius 1 is 1.26 bits per heavy atom. The zero-order valence-corrected chi connectivity index (χ0v) is 14.6. The van der Waals surface area contributed by atoms with Gasteiger partial charge in [0.05, 0.1) is 5.69 Å². The first-order valence-corrected chi connectivity index (χ1v) is 7.92. The van der Waals surface area contributed by atoms with Gasteiger partial charge in [0, 0.05) is 32.0 Å². The number of aliphatic imine (C=N–C) groups is 1. The number of nitrogens with zero attached hydrogens (tertiary/aromatic N) is 4. The number of hydrogen-bond donors (Lipinski definition) is 2. The molecule has 0 aliphatic carbocycles. The van der Waals surface area contributed by atoms with Crippen molar-refractivity contribution >= 4 is 5.96 Å². The predicted molar refractivity (Wildman–Crippen MR) is 93.9 cm³/mol. The summed E-state index contributed by atoms with van der Waals surface area (Å²) < 4.78 is 1.86. The first-order valence-electron chi connectivity index (χ1n) is 7.92. The summed E-state index contributed by atoms with van der Waals surface area (Å²) >= 11 is 0. The van der Waals surface area contributed by atoms with Crippen molar-refractivity contribution in [3.8, 4) is 5.82 Å². The molecule has 0 amide bonds. The van der Waals surface area contributed by atoms with Gasteiger partial charge in [-0.3, -0.25) is 4.99 Å². The fourth-order valence-corrected chi connectivity index (χ4v) is 2.21. The molecule has 0 atom stereocenters. The van der Waals surface area contributed by atoms with E-state index in [0.717, 1.165) is 35.3 Å². The third-order valence-corrected chi connectivity index (χ3v) is 3.40. The quantitative estimate of drug-likeness (QED) is 0.656. The monoisotopic (exact) mass is 314 g/mol. The van der Waals surface area contributed by atoms with Gasteiger partial charge in [-0.2, -0.15) is 5.10 Å². The molecule has 0 unspecified atom stereocenters. The van der Waals surface area contributed by atoms with Crippen LogP contribution in [0.5, 0.6) is 0 Å². The molecule has 0 fully saturated rings. The summed E-state index contributed by atoms with van der Waals surface area (Å²) in [6.45, 7) is 9.93. The molecule has 2 heterocycles. The minimum Gasteiger partial charge on any atom is -0.356 e. The maximum atomic E-state index is 4.50. The molecular formula is C17H26N6. The van der Waals surface area contributed by atoms with Gasteiger partial charge in [0.1, 0.15) is 0 Å². The van der Waals surface area contributed by atoms with Crippen molar-refractivity contribution in [3.63, 3.8) is 0 Å². The highest BCUT2D eigenvalue weighted by molar-refractivity contribution is 5.79. The van der Waals surface area contributed by atoms with Crippen LogP contribution in [0.15, 0.2) is 29.4 Å². The largest absolute Gasteiger partial charge is 0.356 e. The fraction of sp³-hybridized carbons (Fsp3) is 0.471. The Morgan fingerprint density at radius 2 is 2.04 bits per heavy atom. The van der Waals surface area contributed by atoms with Gasteiger partial charge < -0.3 is 10.6 Å². The molecule has 2 N–H and O–H groups in total. The standard InChI is InChI=1S/C17H26N6/c1-12(2)9-20-17(18-5)21-11-15-6-7-16(19-10-15)23-14(4)8-13(3)22-23/h6-8,10,12H,9,11H2,1-5H3,(H2,18,20,21). The van der Waals surface area contributed by atoms with Gasteiger partial charge in [-0.1, -0.05) is 19.9 Å². The maximum absolute atomic E-state index is 4.50. The van der Waals surface area contributed by atoms with Crippen LogP contribution in [-0.4, -0.2) is 34.3 Å². The Bertz CT molecular complexity index is 654. The molecule has 0 saturated heterocycles. The van der Waals surface area contributed by atoms with Crippen LogP contribution in [0, 0.1) is 19.8 Å². The van der Waals surface area contributed by atoms with Gasteiger partial charge in [0.2, 0.25) is 0 Å². The van der Waals surface area contributed by atoms with Crippen LogP contribution in [0.1, 0.15) is 30.8 Å². The highest BCUT2D eigenvalue weighted by Crippen LogP contribution is 2.10. The topological polar surface area (TPSA) is 67.1 Å². The van der Waals surface area contributed by atoms with Gasteiger partial charge in [0.15, 0.2) is 11.8 Å². The van der Waals surface area contributed by atoms with Crippen molar-refractivity contribution in [1.29, 1.82) is 0 Å². The van der Waals surface area contributed by atoms with Crippen LogP contribution in [-0.2, 0) is 6.54 Å². The molecule has 2 rings (SSSR count). The predicted octanol–water partition coefficient (Wildman–Crippen LogP) is 2.21. The molecule has 0 bridgehead atoms. The normalized spacial score (nSPS) is 11.8. The number of hydrogen-bond acceptors (Lipinski definition) is 3. The number of aromatic nitrogens is 3. The van der Waals surface area contributed by atoms with Crippen molar-refractivity contribution in [2.75, 3.05) is 13.6 Å². The van der Waals surface area contributed by atoms with E-state index in [1.54, 1.807) is 7.05 Å². The maximum Gasteiger partial charge on any atom is 0.191 e. The Morgan fingerprint density at radius 3 is 2.57 bits per heavy atom. The summed E-state index contributed by atoms with van der Waals surface area (Å²) in [6, 6.07) is 6.09. The lowest BCUT2D eigenvalue weighted by Crippen LogP contribution is -2.38. The highest BCUT2D eigenvalue weighted by Gasteiger charge is 2.05. The highest BCUT2D eigenvalue weighted by atomic mass is 15.3. The number of pyridine rings is 1. The smallest absolute Gasteiger partial charge is 0.191 e. The van der Waals surface area contributed by atoms with E-state index in [9.17, 15) is 0 Å². The van der Waals surface area contributed by atoms with Crippen molar-refractivity contribution in [1.82, 2.24) is 25.4 Å². The molecule has 0 spiro atoms. The third kappa shape index (κ3) is 4.81. The molecule has 6 nitrogen and oxygen atoms in total. The first kappa shape index (κ1) is 17.0. The summed E-state index contributed by atoms with van der Waals surface area (Å²) in [4.78, 5) is 8.72. The van der Waals surface area contributed by atoms with Crippen molar-refractivity contribution in [2.24, 2.45) is 10.9 Å². The van der Waals surface area contributed by atoms with Gasteiger partial charge in [-0.25, -0.2) is 9.67 Å². The number of rotatable bonds is 5. The second-order valence-electron chi connectivity index (χ2n) is 6.06. The van der Waals surface area contributed by atoms with E-state index in [1.807, 2.05) is 36.9 Å². The Labute approximate surface area is 138 Å². The number of nitrogens with one attached hydrogen (secondary N) is 2. The molecular weight excluding hydrogens is 288 g/mol. The average Bonchev–Trinajstić information content (AvgIpc) is 2.86. The van der Waals surface area contributed by atoms with E-state index in [-0.39, 0.29) is 0 Å². The molecule has 124 valence electrons. The minimum atomic E-state index is 0.579. The summed E-state index contributed by atoms with van der Waals surface area (Å²) in [7, 11) is 1.78. The lowest BCUT2D eigenvalue weighted by Gasteiger charge is -2.13. The van der Waals surface area contributed by atoms with Crippen LogP contribution in [0.4, 0.5) is 0 Å². The number of guanidine groups is 1. The molecule has 0 aromatic carbocycles. The summed E-state index contributed by atoms with van der Waals surface area (Å²) in [5.74, 6) is 2.22. The summed E-state index contributed by atoms with van der Waals surface area (Å²) in [5, 5.41) is 11.0. The molecule has 2 aromatic heterocycles. The number of aryl methyl sites for hydroxylation is 2. The lowest BCUT2D eigenvalue weighted by atomic mass is 10.2. The molecule has 0 radical (unpaired) electrons. The SMILES string of the molecule is CN=C(NCc1ccc(-n2nc(C)cc2C)nc1)NCC(C)C. The lowest BCUT2D eigenvalue weighted by molar-refractivity contribution is 0.614. The second-order valence-corrected chi connectivity index (χ2v) is 6.06. The van der Waals surface area contributed by atoms with Crippen LogP contribution in [0.25, 0.3) is 5.82 Å². The fourth-order valence-electron chi connectivity index (χ4n) is 2.21. The Balaban J connectivity index is 1.96. The van der Waals surface area contributed by atoms with E-state index >= 15 is 0 Å². The molecule has 6 heteroatoms. The Kier molecular flexibility index (Phi) is 5.73. The van der Waals surface area contributed by atoms with Gasteiger partial charge >= 0.3 is 0 Å². The van der Waals surface area contributed by atoms with E-state index in [0.29, 0.717) is 12.5 Å². The minimum absolute atomic E-state index is 0.579. The summed E-state index contributed by atoms with van der Waals surface area (Å²) in [5.41, 5.74) is 3.18. The van der Waals surface area contributed by atoms with Crippen molar-refractivity contribution < 1.29 is 0 Å². The van der Waals surface area contributed by atoms with Crippen LogP contribution in [0.3, 0.4) is 0 Å². The van der Waals surface area contributed by atoms with E-state index in [4.69, 9.17) is 0 Å². The first-order chi connectivity index (χ1) is 11.0. The van der Waals surface area contributed by atoms with Gasteiger partial charge in [-0.05, 0) is 37.5 Å². The summed E-state index contributed by atoms with van der Waals surface area (Å²) in [6.07, 6.45) is 1.87. The van der Waals surface area contributed by atoms with E-state index in [2.05, 4.69) is 45.6 Å². The third-order valence-electron chi connectivity index (χ3n) is 3.40. The van der Waals surface area contributed by atoms with Gasteiger partial charge in [0.25, 0.3) is 0 Å².